The first-order valence-electron chi connectivity index (χ1n) is 6.50. The van der Waals surface area contributed by atoms with Gasteiger partial charge < -0.3 is 0 Å². The fraction of sp³-hybridized carbons (Fsp3) is 0.133. The molecule has 5 nitrogen and oxygen atoms in total. The smallest absolute Gasteiger partial charge is 0.268 e. The molecular weight excluding hydrogens is 273 g/mol. The second kappa shape index (κ2) is 4.97. The highest BCUT2D eigenvalue weighted by Gasteiger charge is 2.14. The monoisotopic (exact) mass is 285 g/mol. The molecule has 0 radical (unpaired) electrons. The number of hydrogen-bond acceptors (Lipinski definition) is 3. The summed E-state index contributed by atoms with van der Waals surface area (Å²) in [5, 5.41) is 0.322. The summed E-state index contributed by atoms with van der Waals surface area (Å²) >= 11 is 0. The molecule has 0 aliphatic carbocycles. The Morgan fingerprint density at radius 1 is 1.19 bits per heavy atom. The highest BCUT2D eigenvalue weighted by Crippen LogP contribution is 2.12. The van der Waals surface area contributed by atoms with Gasteiger partial charge in [0.25, 0.3) is 5.56 Å². The van der Waals surface area contributed by atoms with Crippen molar-refractivity contribution in [1.29, 1.82) is 0 Å². The van der Waals surface area contributed by atoms with E-state index in [4.69, 9.17) is 0 Å². The van der Waals surface area contributed by atoms with Crippen LogP contribution in [0, 0.1) is 5.82 Å². The molecule has 1 aromatic carbocycles. The molecule has 21 heavy (non-hydrogen) atoms. The van der Waals surface area contributed by atoms with Gasteiger partial charge in [-0.3, -0.25) is 9.36 Å². The fourth-order valence-electron chi connectivity index (χ4n) is 2.31. The van der Waals surface area contributed by atoms with Gasteiger partial charge in [0.05, 0.1) is 11.1 Å². The van der Waals surface area contributed by atoms with E-state index in [1.165, 1.54) is 29.0 Å². The van der Waals surface area contributed by atoms with E-state index < -0.39 is 17.1 Å². The lowest BCUT2D eigenvalue weighted by molar-refractivity contribution is 0.623. The van der Waals surface area contributed by atoms with Crippen LogP contribution in [0.4, 0.5) is 4.39 Å². The first-order chi connectivity index (χ1) is 10.1. The number of nitrogens with zero attached hydrogens (tertiary/aromatic N) is 3. The minimum absolute atomic E-state index is 0.225. The Kier molecular flexibility index (Phi) is 3.13. The van der Waals surface area contributed by atoms with Crippen molar-refractivity contribution in [3.05, 3.63) is 69.3 Å². The van der Waals surface area contributed by atoms with Gasteiger partial charge in [-0.15, -0.1) is 0 Å². The Morgan fingerprint density at radius 3 is 2.71 bits per heavy atom. The normalized spacial score (nSPS) is 11.0. The topological polar surface area (TPSA) is 56.9 Å². The zero-order valence-electron chi connectivity index (χ0n) is 11.3. The summed E-state index contributed by atoms with van der Waals surface area (Å²) in [6.07, 6.45) is 1.49. The van der Waals surface area contributed by atoms with E-state index in [1.54, 1.807) is 25.1 Å². The molecule has 2 aromatic heterocycles. The molecule has 0 aliphatic heterocycles. The van der Waals surface area contributed by atoms with Crippen LogP contribution in [0.15, 0.2) is 52.2 Å². The lowest BCUT2D eigenvalue weighted by Crippen LogP contribution is -2.39. The molecule has 2 heterocycles. The summed E-state index contributed by atoms with van der Waals surface area (Å²) in [5.41, 5.74) is -0.355. The molecule has 0 saturated carbocycles. The van der Waals surface area contributed by atoms with Crippen molar-refractivity contribution < 1.29 is 4.39 Å². The number of fused-ring (bicyclic) bond motifs is 1. The third-order valence-electron chi connectivity index (χ3n) is 3.28. The third-order valence-corrected chi connectivity index (χ3v) is 3.28. The SMILES string of the molecule is CCn1c(=O)c2cccnc2n(-c2cccc(F)c2)c1=O. The van der Waals surface area contributed by atoms with Crippen molar-refractivity contribution in [3.63, 3.8) is 0 Å². The maximum absolute atomic E-state index is 13.4. The molecule has 0 fully saturated rings. The van der Waals surface area contributed by atoms with E-state index in [0.717, 1.165) is 4.57 Å². The fourth-order valence-corrected chi connectivity index (χ4v) is 2.31. The highest BCUT2D eigenvalue weighted by molar-refractivity contribution is 5.75. The minimum atomic E-state index is -0.528. The summed E-state index contributed by atoms with van der Waals surface area (Å²) in [6.45, 7) is 1.94. The Bertz CT molecular complexity index is 944. The van der Waals surface area contributed by atoms with Gasteiger partial charge in [0.15, 0.2) is 5.65 Å². The number of halogens is 1. The second-order valence-electron chi connectivity index (χ2n) is 4.52. The van der Waals surface area contributed by atoms with Gasteiger partial charge in [-0.2, -0.15) is 0 Å². The van der Waals surface area contributed by atoms with Gasteiger partial charge in [0.2, 0.25) is 0 Å². The Labute approximate surface area is 118 Å². The van der Waals surface area contributed by atoms with Crippen LogP contribution in [-0.4, -0.2) is 14.1 Å². The quantitative estimate of drug-likeness (QED) is 0.720. The van der Waals surface area contributed by atoms with Crippen molar-refractivity contribution in [2.24, 2.45) is 0 Å². The molecule has 0 aliphatic rings. The van der Waals surface area contributed by atoms with Crippen molar-refractivity contribution in [2.75, 3.05) is 0 Å². The molecule has 0 N–H and O–H groups in total. The van der Waals surface area contributed by atoms with Gasteiger partial charge in [-0.25, -0.2) is 18.7 Å². The molecule has 0 spiro atoms. The van der Waals surface area contributed by atoms with Crippen LogP contribution < -0.4 is 11.2 Å². The van der Waals surface area contributed by atoms with Gasteiger partial charge in [0, 0.05) is 12.7 Å². The summed E-state index contributed by atoms with van der Waals surface area (Å²) in [4.78, 5) is 28.9. The first-order valence-corrected chi connectivity index (χ1v) is 6.50. The highest BCUT2D eigenvalue weighted by atomic mass is 19.1. The molecule has 0 unspecified atom stereocenters. The van der Waals surface area contributed by atoms with Crippen LogP contribution in [0.25, 0.3) is 16.7 Å². The van der Waals surface area contributed by atoms with Crippen LogP contribution >= 0.6 is 0 Å². The van der Waals surface area contributed by atoms with Crippen molar-refractivity contribution in [2.45, 2.75) is 13.5 Å². The molecule has 0 bridgehead atoms. The molecule has 6 heteroatoms. The average molecular weight is 285 g/mol. The largest absolute Gasteiger partial charge is 0.337 e. The standard InChI is InChI=1S/C15H12FN3O2/c1-2-18-14(20)12-7-4-8-17-13(12)19(15(18)21)11-6-3-5-10(16)9-11/h3-9H,2H2,1H3. The third kappa shape index (κ3) is 2.05. The Morgan fingerprint density at radius 2 is 2.00 bits per heavy atom. The molecule has 106 valence electrons. The number of rotatable bonds is 2. The summed E-state index contributed by atoms with van der Waals surface area (Å²) < 4.78 is 15.8. The van der Waals surface area contributed by atoms with Crippen LogP contribution in [-0.2, 0) is 6.54 Å². The van der Waals surface area contributed by atoms with E-state index in [0.29, 0.717) is 11.1 Å². The molecule has 3 aromatic rings. The van der Waals surface area contributed by atoms with Crippen molar-refractivity contribution in [3.8, 4) is 5.69 Å². The van der Waals surface area contributed by atoms with Gasteiger partial charge in [-0.05, 0) is 37.3 Å². The molecule has 0 atom stereocenters. The maximum Gasteiger partial charge on any atom is 0.337 e. The van der Waals surface area contributed by atoms with E-state index in [1.807, 2.05) is 0 Å². The second-order valence-corrected chi connectivity index (χ2v) is 4.52. The lowest BCUT2D eigenvalue weighted by atomic mass is 10.2. The lowest BCUT2D eigenvalue weighted by Gasteiger charge is -2.12. The Balaban J connectivity index is 2.53. The van der Waals surface area contributed by atoms with E-state index in [2.05, 4.69) is 4.98 Å². The van der Waals surface area contributed by atoms with Gasteiger partial charge in [-0.1, -0.05) is 6.07 Å². The minimum Gasteiger partial charge on any atom is -0.268 e. The predicted octanol–water partition coefficient (Wildman–Crippen LogP) is 1.71. The van der Waals surface area contributed by atoms with Gasteiger partial charge >= 0.3 is 5.69 Å². The molecule has 0 amide bonds. The van der Waals surface area contributed by atoms with Crippen LogP contribution in [0.2, 0.25) is 0 Å². The number of aromatic nitrogens is 3. The predicted molar refractivity (Wildman–Crippen MR) is 77.2 cm³/mol. The Hall–Kier alpha value is -2.76. The van der Waals surface area contributed by atoms with Crippen LogP contribution in [0.5, 0.6) is 0 Å². The van der Waals surface area contributed by atoms with Gasteiger partial charge in [0.1, 0.15) is 5.82 Å². The molecule has 0 saturated heterocycles. The first kappa shape index (κ1) is 13.2. The average Bonchev–Trinajstić information content (AvgIpc) is 2.48. The summed E-state index contributed by atoms with van der Waals surface area (Å²) in [7, 11) is 0. The summed E-state index contributed by atoms with van der Waals surface area (Å²) in [6, 6.07) is 8.87. The van der Waals surface area contributed by atoms with E-state index in [9.17, 15) is 14.0 Å². The van der Waals surface area contributed by atoms with E-state index in [-0.39, 0.29) is 12.2 Å². The van der Waals surface area contributed by atoms with E-state index >= 15 is 0 Å². The molecule has 3 rings (SSSR count). The number of benzene rings is 1. The number of hydrogen-bond donors (Lipinski definition) is 0. The van der Waals surface area contributed by atoms with Crippen molar-refractivity contribution >= 4 is 11.0 Å². The number of pyridine rings is 1. The van der Waals surface area contributed by atoms with Crippen LogP contribution in [0.1, 0.15) is 6.92 Å². The zero-order valence-corrected chi connectivity index (χ0v) is 11.3. The van der Waals surface area contributed by atoms with Crippen LogP contribution in [0.3, 0.4) is 0 Å². The maximum atomic E-state index is 13.4. The summed E-state index contributed by atoms with van der Waals surface area (Å²) in [5.74, 6) is -0.460. The van der Waals surface area contributed by atoms with Crippen molar-refractivity contribution in [1.82, 2.24) is 14.1 Å². The zero-order chi connectivity index (χ0) is 15.0. The molecular formula is C15H12FN3O2.